The Kier molecular flexibility index (Phi) is 5.56. The fourth-order valence-corrected chi connectivity index (χ4v) is 4.50. The summed E-state index contributed by atoms with van der Waals surface area (Å²) in [7, 11) is -0.0963. The summed E-state index contributed by atoms with van der Waals surface area (Å²) in [5.41, 5.74) is -1.50. The average molecular weight is 458 g/mol. The highest BCUT2D eigenvalue weighted by Crippen LogP contribution is 2.23. The van der Waals surface area contributed by atoms with Crippen LogP contribution in [-0.4, -0.2) is 38.8 Å². The quantitative estimate of drug-likeness (QED) is 0.597. The molecule has 0 aliphatic carbocycles. The molecule has 0 bridgehead atoms. The number of halogens is 2. The Morgan fingerprint density at radius 2 is 1.83 bits per heavy atom. The molecule has 160 valence electrons. The largest absolute Gasteiger partial charge is 0.332 e. The van der Waals surface area contributed by atoms with Crippen molar-refractivity contribution in [3.63, 3.8) is 0 Å². The van der Waals surface area contributed by atoms with Crippen LogP contribution in [0.3, 0.4) is 0 Å². The number of rotatable bonds is 5. The van der Waals surface area contributed by atoms with Gasteiger partial charge in [0.25, 0.3) is 5.56 Å². The number of anilines is 1. The van der Waals surface area contributed by atoms with Gasteiger partial charge in [0, 0.05) is 27.6 Å². The molecule has 1 N–H and O–H groups in total. The highest BCUT2D eigenvalue weighted by Gasteiger charge is 2.26. The summed E-state index contributed by atoms with van der Waals surface area (Å²) < 4.78 is 41.8. The van der Waals surface area contributed by atoms with E-state index in [0.29, 0.717) is 0 Å². The molecule has 10 nitrogen and oxygen atoms in total. The predicted molar refractivity (Wildman–Crippen MR) is 108 cm³/mol. The SMILES string of the molecule is Cn1c(=O)c2nc(S(=O)(=O)CCC(=O)Nc3cc(F)ccc3Cl)n(C)c2n(C)c1=O. The van der Waals surface area contributed by atoms with Crippen molar-refractivity contribution in [1.82, 2.24) is 18.7 Å². The molecule has 30 heavy (non-hydrogen) atoms. The lowest BCUT2D eigenvalue weighted by Crippen LogP contribution is -2.37. The molecular weight excluding hydrogens is 441 g/mol. The van der Waals surface area contributed by atoms with Crippen molar-refractivity contribution >= 4 is 44.2 Å². The van der Waals surface area contributed by atoms with E-state index in [1.165, 1.54) is 27.2 Å². The van der Waals surface area contributed by atoms with Gasteiger partial charge < -0.3 is 9.88 Å². The maximum atomic E-state index is 13.3. The molecule has 13 heteroatoms. The minimum atomic E-state index is -4.10. The van der Waals surface area contributed by atoms with E-state index in [9.17, 15) is 27.2 Å². The fourth-order valence-electron chi connectivity index (χ4n) is 2.96. The third-order valence-electron chi connectivity index (χ3n) is 4.50. The van der Waals surface area contributed by atoms with Gasteiger partial charge in [-0.1, -0.05) is 11.6 Å². The Hall–Kier alpha value is -2.99. The first-order chi connectivity index (χ1) is 13.9. The topological polar surface area (TPSA) is 125 Å². The third kappa shape index (κ3) is 3.75. The zero-order chi connectivity index (χ0) is 22.4. The number of imidazole rings is 1. The molecule has 2 aromatic heterocycles. The van der Waals surface area contributed by atoms with Gasteiger partial charge in [-0.25, -0.2) is 22.6 Å². The van der Waals surface area contributed by atoms with Crippen LogP contribution in [0.25, 0.3) is 11.2 Å². The standard InChI is InChI=1S/C17H17ClFN5O5S/c1-22-14-13(15(26)24(3)17(27)23(14)2)21-16(22)30(28,29)7-6-12(25)20-11-8-9(19)4-5-10(11)18/h4-5,8H,6-7H2,1-3H3,(H,20,25). The van der Waals surface area contributed by atoms with Gasteiger partial charge in [0.1, 0.15) is 5.82 Å². The molecule has 3 aromatic rings. The molecule has 1 aromatic carbocycles. The minimum absolute atomic E-state index is 0.0142. The summed E-state index contributed by atoms with van der Waals surface area (Å²) in [6, 6.07) is 3.38. The number of fused-ring (bicyclic) bond motifs is 1. The van der Waals surface area contributed by atoms with E-state index >= 15 is 0 Å². The van der Waals surface area contributed by atoms with E-state index in [4.69, 9.17) is 11.6 Å². The molecule has 0 saturated heterocycles. The van der Waals surface area contributed by atoms with Crippen molar-refractivity contribution in [3.05, 3.63) is 49.9 Å². The van der Waals surface area contributed by atoms with Gasteiger partial charge in [-0.15, -0.1) is 0 Å². The number of sulfone groups is 1. The minimum Gasteiger partial charge on any atom is -0.325 e. The van der Waals surface area contributed by atoms with Crippen LogP contribution in [0.4, 0.5) is 10.1 Å². The van der Waals surface area contributed by atoms with Gasteiger partial charge in [0.05, 0.1) is 16.5 Å². The van der Waals surface area contributed by atoms with Crippen LogP contribution < -0.4 is 16.6 Å². The van der Waals surface area contributed by atoms with E-state index < -0.39 is 50.1 Å². The fraction of sp³-hybridized carbons (Fsp3) is 0.294. The maximum absolute atomic E-state index is 13.3. The van der Waals surface area contributed by atoms with E-state index in [1.54, 1.807) is 0 Å². The third-order valence-corrected chi connectivity index (χ3v) is 6.49. The zero-order valence-electron chi connectivity index (χ0n) is 16.1. The van der Waals surface area contributed by atoms with Crippen LogP contribution >= 0.6 is 11.6 Å². The normalized spacial score (nSPS) is 11.8. The monoisotopic (exact) mass is 457 g/mol. The second-order valence-electron chi connectivity index (χ2n) is 6.57. The maximum Gasteiger partial charge on any atom is 0.332 e. The van der Waals surface area contributed by atoms with Gasteiger partial charge in [0.2, 0.25) is 20.9 Å². The number of carbonyl (C=O) groups is 1. The van der Waals surface area contributed by atoms with Crippen LogP contribution in [0, 0.1) is 5.82 Å². The highest BCUT2D eigenvalue weighted by atomic mass is 35.5. The van der Waals surface area contributed by atoms with Crippen molar-refractivity contribution in [2.45, 2.75) is 11.6 Å². The summed E-state index contributed by atoms with van der Waals surface area (Å²) in [5, 5.41) is 1.99. The smallest absolute Gasteiger partial charge is 0.325 e. The number of hydrogen-bond donors (Lipinski definition) is 1. The molecule has 0 fully saturated rings. The Labute approximate surface area is 174 Å². The summed E-state index contributed by atoms with van der Waals surface area (Å²) in [6.07, 6.45) is -0.463. The lowest BCUT2D eigenvalue weighted by molar-refractivity contribution is -0.115. The molecule has 0 unspecified atom stereocenters. The van der Waals surface area contributed by atoms with Gasteiger partial charge in [-0.2, -0.15) is 0 Å². The Bertz CT molecular complexity index is 1410. The Balaban J connectivity index is 1.89. The van der Waals surface area contributed by atoms with Gasteiger partial charge in [-0.3, -0.25) is 18.7 Å². The lowest BCUT2D eigenvalue weighted by atomic mass is 10.3. The van der Waals surface area contributed by atoms with E-state index in [-0.39, 0.29) is 21.9 Å². The van der Waals surface area contributed by atoms with Gasteiger partial charge in [-0.05, 0) is 18.2 Å². The molecule has 0 spiro atoms. The highest BCUT2D eigenvalue weighted by molar-refractivity contribution is 7.91. The predicted octanol–water partition coefficient (Wildman–Crippen LogP) is 0.566. The molecule has 3 rings (SSSR count). The van der Waals surface area contributed by atoms with Crippen molar-refractivity contribution in [1.29, 1.82) is 0 Å². The van der Waals surface area contributed by atoms with Crippen LogP contribution in [0.2, 0.25) is 5.02 Å². The molecule has 2 heterocycles. The number of nitrogens with zero attached hydrogens (tertiary/aromatic N) is 4. The lowest BCUT2D eigenvalue weighted by Gasteiger charge is -2.08. The Morgan fingerprint density at radius 1 is 1.17 bits per heavy atom. The molecule has 0 aliphatic rings. The molecular formula is C17H17ClFN5O5S. The molecule has 0 saturated carbocycles. The van der Waals surface area contributed by atoms with E-state index in [1.807, 2.05) is 0 Å². The number of amides is 1. The number of benzene rings is 1. The van der Waals surface area contributed by atoms with Crippen molar-refractivity contribution in [2.75, 3.05) is 11.1 Å². The molecule has 1 amide bonds. The summed E-state index contributed by atoms with van der Waals surface area (Å²) >= 11 is 5.87. The first-order valence-electron chi connectivity index (χ1n) is 8.54. The number of carbonyl (C=O) groups excluding carboxylic acids is 1. The number of nitrogens with one attached hydrogen (secondary N) is 1. The Morgan fingerprint density at radius 3 is 2.50 bits per heavy atom. The summed E-state index contributed by atoms with van der Waals surface area (Å²) in [6.45, 7) is 0. The van der Waals surface area contributed by atoms with E-state index in [0.717, 1.165) is 25.8 Å². The van der Waals surface area contributed by atoms with Crippen LogP contribution in [-0.2, 0) is 35.8 Å². The van der Waals surface area contributed by atoms with Crippen molar-refractivity contribution in [2.24, 2.45) is 21.1 Å². The second kappa shape index (κ2) is 7.69. The number of hydrogen-bond acceptors (Lipinski definition) is 6. The molecule has 0 aliphatic heterocycles. The van der Waals surface area contributed by atoms with E-state index in [2.05, 4.69) is 10.3 Å². The summed E-state index contributed by atoms with van der Waals surface area (Å²) in [5.74, 6) is -1.95. The van der Waals surface area contributed by atoms with Crippen LogP contribution in [0.5, 0.6) is 0 Å². The van der Waals surface area contributed by atoms with Crippen LogP contribution in [0.1, 0.15) is 6.42 Å². The number of aryl methyl sites for hydroxylation is 2. The molecule has 0 radical (unpaired) electrons. The van der Waals surface area contributed by atoms with Crippen molar-refractivity contribution in [3.8, 4) is 0 Å². The zero-order valence-corrected chi connectivity index (χ0v) is 17.7. The van der Waals surface area contributed by atoms with Crippen molar-refractivity contribution < 1.29 is 17.6 Å². The summed E-state index contributed by atoms with van der Waals surface area (Å²) in [4.78, 5) is 40.4. The first kappa shape index (κ1) is 21.7. The van der Waals surface area contributed by atoms with Gasteiger partial charge >= 0.3 is 5.69 Å². The average Bonchev–Trinajstić information content (AvgIpc) is 3.04. The first-order valence-corrected chi connectivity index (χ1v) is 10.6. The van der Waals surface area contributed by atoms with Gasteiger partial charge in [0.15, 0.2) is 11.2 Å². The second-order valence-corrected chi connectivity index (χ2v) is 8.98. The number of aromatic nitrogens is 4. The van der Waals surface area contributed by atoms with Crippen LogP contribution in [0.15, 0.2) is 32.9 Å². The molecule has 0 atom stereocenters.